The molecule has 0 spiro atoms. The second kappa shape index (κ2) is 9.91. The van der Waals surface area contributed by atoms with E-state index >= 15 is 0 Å². The lowest BCUT2D eigenvalue weighted by atomic mass is 10.1. The lowest BCUT2D eigenvalue weighted by molar-refractivity contribution is 0.0676. The Kier molecular flexibility index (Phi) is 7.29. The zero-order valence-electron chi connectivity index (χ0n) is 17.7. The van der Waals surface area contributed by atoms with Crippen molar-refractivity contribution >= 4 is 45.9 Å². The van der Waals surface area contributed by atoms with Crippen molar-refractivity contribution in [3.8, 4) is 0 Å². The molecule has 0 saturated carbocycles. The highest BCUT2D eigenvalue weighted by Crippen LogP contribution is 2.27. The average molecular weight is 442 g/mol. The molecule has 0 saturated heterocycles. The maximum Gasteiger partial charge on any atom is 0.265 e. The molecule has 0 aliphatic rings. The molecule has 0 aliphatic heterocycles. The number of thiophene rings is 2. The van der Waals surface area contributed by atoms with Crippen LogP contribution in [0, 0.1) is 0 Å². The van der Waals surface area contributed by atoms with Gasteiger partial charge in [0.2, 0.25) is 0 Å². The SMILES string of the molecule is CCC(C)N(Cc1cc(NC(=O)c2cccs2)ccc1N(C)C)C(=O)c1cccs1. The molecule has 1 aromatic carbocycles. The maximum atomic E-state index is 13.2. The van der Waals surface area contributed by atoms with Crippen molar-refractivity contribution < 1.29 is 9.59 Å². The Labute approximate surface area is 186 Å². The van der Waals surface area contributed by atoms with E-state index < -0.39 is 0 Å². The smallest absolute Gasteiger partial charge is 0.265 e. The highest BCUT2D eigenvalue weighted by Gasteiger charge is 2.23. The summed E-state index contributed by atoms with van der Waals surface area (Å²) in [4.78, 5) is 31.0. The highest BCUT2D eigenvalue weighted by atomic mass is 32.1. The van der Waals surface area contributed by atoms with Gasteiger partial charge in [0.15, 0.2) is 0 Å². The summed E-state index contributed by atoms with van der Waals surface area (Å²) >= 11 is 2.87. The number of rotatable bonds is 8. The van der Waals surface area contributed by atoms with Crippen LogP contribution in [0.5, 0.6) is 0 Å². The van der Waals surface area contributed by atoms with E-state index in [-0.39, 0.29) is 17.9 Å². The molecule has 0 radical (unpaired) electrons. The second-order valence-electron chi connectivity index (χ2n) is 7.34. The highest BCUT2D eigenvalue weighted by molar-refractivity contribution is 7.12. The van der Waals surface area contributed by atoms with E-state index in [1.807, 2.05) is 71.1 Å². The molecule has 2 heterocycles. The third-order valence-corrected chi connectivity index (χ3v) is 6.75. The first-order chi connectivity index (χ1) is 14.4. The zero-order chi connectivity index (χ0) is 21.7. The zero-order valence-corrected chi connectivity index (χ0v) is 19.3. The summed E-state index contributed by atoms with van der Waals surface area (Å²) in [6.45, 7) is 4.63. The van der Waals surface area contributed by atoms with Gasteiger partial charge in [0.1, 0.15) is 0 Å². The number of carbonyl (C=O) groups excluding carboxylic acids is 2. The largest absolute Gasteiger partial charge is 0.377 e. The molecular weight excluding hydrogens is 414 g/mol. The molecule has 2 aromatic heterocycles. The lowest BCUT2D eigenvalue weighted by Crippen LogP contribution is -2.37. The van der Waals surface area contributed by atoms with Crippen molar-refractivity contribution in [1.82, 2.24) is 4.90 Å². The van der Waals surface area contributed by atoms with Crippen molar-refractivity contribution in [2.45, 2.75) is 32.9 Å². The topological polar surface area (TPSA) is 52.7 Å². The lowest BCUT2D eigenvalue weighted by Gasteiger charge is -2.30. The fourth-order valence-electron chi connectivity index (χ4n) is 3.20. The van der Waals surface area contributed by atoms with Crippen LogP contribution in [-0.4, -0.2) is 36.9 Å². The van der Waals surface area contributed by atoms with Crippen LogP contribution in [0.4, 0.5) is 11.4 Å². The molecule has 0 fully saturated rings. The number of benzene rings is 1. The van der Waals surface area contributed by atoms with Crippen LogP contribution in [0.2, 0.25) is 0 Å². The van der Waals surface area contributed by atoms with Crippen molar-refractivity contribution in [2.24, 2.45) is 0 Å². The molecule has 1 atom stereocenters. The van der Waals surface area contributed by atoms with Crippen molar-refractivity contribution in [3.05, 3.63) is 68.5 Å². The molecule has 0 bridgehead atoms. The first-order valence-electron chi connectivity index (χ1n) is 9.90. The third-order valence-electron chi connectivity index (χ3n) is 5.02. The molecule has 5 nitrogen and oxygen atoms in total. The monoisotopic (exact) mass is 441 g/mol. The normalized spacial score (nSPS) is 11.7. The van der Waals surface area contributed by atoms with Gasteiger partial charge in [0, 0.05) is 38.1 Å². The maximum absolute atomic E-state index is 13.2. The molecule has 1 unspecified atom stereocenters. The first-order valence-corrected chi connectivity index (χ1v) is 11.7. The third kappa shape index (κ3) is 5.09. The number of anilines is 2. The number of amides is 2. The number of nitrogens with one attached hydrogen (secondary N) is 1. The van der Waals surface area contributed by atoms with Crippen molar-refractivity contribution in [1.29, 1.82) is 0 Å². The quantitative estimate of drug-likeness (QED) is 0.497. The Balaban J connectivity index is 1.90. The minimum absolute atomic E-state index is 0.0390. The predicted molar refractivity (Wildman–Crippen MR) is 127 cm³/mol. The van der Waals surface area contributed by atoms with Crippen LogP contribution in [0.15, 0.2) is 53.2 Å². The van der Waals surface area contributed by atoms with E-state index in [9.17, 15) is 9.59 Å². The molecule has 2 amide bonds. The Hall–Kier alpha value is -2.64. The number of hydrogen-bond acceptors (Lipinski definition) is 5. The van der Waals surface area contributed by atoms with E-state index in [1.54, 1.807) is 6.07 Å². The molecular formula is C23H27N3O2S2. The second-order valence-corrected chi connectivity index (χ2v) is 9.23. The number of nitrogens with zero attached hydrogens (tertiary/aromatic N) is 2. The van der Waals surface area contributed by atoms with Crippen LogP contribution >= 0.6 is 22.7 Å². The molecule has 1 N–H and O–H groups in total. The van der Waals surface area contributed by atoms with Crippen LogP contribution < -0.4 is 10.2 Å². The summed E-state index contributed by atoms with van der Waals surface area (Å²) in [5.74, 6) is -0.0842. The summed E-state index contributed by atoms with van der Waals surface area (Å²) in [6.07, 6.45) is 0.864. The Morgan fingerprint density at radius 3 is 2.27 bits per heavy atom. The standard InChI is InChI=1S/C23H27N3O2S2/c1-5-16(2)26(23(28)21-9-7-13-30-21)15-17-14-18(10-11-19(17)25(3)4)24-22(27)20-8-6-12-29-20/h6-14,16H,5,15H2,1-4H3,(H,24,27). The van der Waals surface area contributed by atoms with E-state index in [0.717, 1.165) is 28.2 Å². The van der Waals surface area contributed by atoms with Crippen LogP contribution in [-0.2, 0) is 6.54 Å². The molecule has 0 aliphatic carbocycles. The number of hydrogen-bond donors (Lipinski definition) is 1. The van der Waals surface area contributed by atoms with Gasteiger partial charge in [-0.2, -0.15) is 0 Å². The van der Waals surface area contributed by atoms with Gasteiger partial charge in [0.05, 0.1) is 9.75 Å². The van der Waals surface area contributed by atoms with Gasteiger partial charge in [-0.25, -0.2) is 0 Å². The summed E-state index contributed by atoms with van der Waals surface area (Å²) in [5.41, 5.74) is 2.74. The summed E-state index contributed by atoms with van der Waals surface area (Å²) < 4.78 is 0. The minimum Gasteiger partial charge on any atom is -0.377 e. The van der Waals surface area contributed by atoms with Crippen LogP contribution in [0.1, 0.15) is 45.2 Å². The molecule has 158 valence electrons. The van der Waals surface area contributed by atoms with Crippen LogP contribution in [0.3, 0.4) is 0 Å². The van der Waals surface area contributed by atoms with E-state index in [4.69, 9.17) is 0 Å². The van der Waals surface area contributed by atoms with Crippen LogP contribution in [0.25, 0.3) is 0 Å². The van der Waals surface area contributed by atoms with Gasteiger partial charge in [0.25, 0.3) is 11.8 Å². The Bertz CT molecular complexity index is 982. The van der Waals surface area contributed by atoms with E-state index in [0.29, 0.717) is 11.4 Å². The Morgan fingerprint density at radius 1 is 1.03 bits per heavy atom. The molecule has 30 heavy (non-hydrogen) atoms. The predicted octanol–water partition coefficient (Wildman–Crippen LogP) is 5.57. The van der Waals surface area contributed by atoms with Gasteiger partial charge >= 0.3 is 0 Å². The fraction of sp³-hybridized carbons (Fsp3) is 0.304. The van der Waals surface area contributed by atoms with Gasteiger partial charge in [-0.1, -0.05) is 19.1 Å². The first kappa shape index (κ1) is 22.1. The number of carbonyl (C=O) groups is 2. The summed E-state index contributed by atoms with van der Waals surface area (Å²) in [7, 11) is 3.97. The Morgan fingerprint density at radius 2 is 1.70 bits per heavy atom. The molecule has 7 heteroatoms. The van der Waals surface area contributed by atoms with Gasteiger partial charge in [-0.05, 0) is 60.0 Å². The summed E-state index contributed by atoms with van der Waals surface area (Å²) in [5, 5.41) is 6.78. The van der Waals surface area contributed by atoms with Gasteiger partial charge < -0.3 is 15.1 Å². The van der Waals surface area contributed by atoms with Gasteiger partial charge in [-0.3, -0.25) is 9.59 Å². The fourth-order valence-corrected chi connectivity index (χ4v) is 4.50. The molecule has 3 rings (SSSR count). The van der Waals surface area contributed by atoms with E-state index in [2.05, 4.69) is 19.2 Å². The molecule has 3 aromatic rings. The summed E-state index contributed by atoms with van der Waals surface area (Å²) in [6, 6.07) is 13.4. The average Bonchev–Trinajstić information content (AvgIpc) is 3.45. The van der Waals surface area contributed by atoms with Gasteiger partial charge in [-0.15, -0.1) is 22.7 Å². The minimum atomic E-state index is -0.123. The van der Waals surface area contributed by atoms with Crippen molar-refractivity contribution in [2.75, 3.05) is 24.3 Å². The van der Waals surface area contributed by atoms with Crippen molar-refractivity contribution in [3.63, 3.8) is 0 Å². The van der Waals surface area contributed by atoms with E-state index in [1.165, 1.54) is 22.7 Å².